The van der Waals surface area contributed by atoms with E-state index >= 15 is 0 Å². The van der Waals surface area contributed by atoms with Gasteiger partial charge in [-0.05, 0) is 38.5 Å². The fourth-order valence-electron chi connectivity index (χ4n) is 3.73. The lowest BCUT2D eigenvalue weighted by molar-refractivity contribution is -0.140. The van der Waals surface area contributed by atoms with Gasteiger partial charge in [-0.3, -0.25) is 9.59 Å². The number of Topliss-reactive ketones (excluding diaryl/α,β-unsaturated/α-hetero) is 1. The van der Waals surface area contributed by atoms with E-state index < -0.39 is 11.7 Å². The Kier molecular flexibility index (Phi) is 11.3. The number of carbonyl (C=O) groups is 2. The number of rotatable bonds is 13. The molecule has 4 atom stereocenters. The monoisotopic (exact) mass is 394 g/mol. The number of carbonyl (C=O) groups excluding carboxylic acids is 2. The van der Waals surface area contributed by atoms with Gasteiger partial charge in [-0.25, -0.2) is 0 Å². The first kappa shape index (κ1) is 24.6. The van der Waals surface area contributed by atoms with Gasteiger partial charge in [0.05, 0.1) is 18.8 Å². The molecule has 0 aromatic rings. The average Bonchev–Trinajstić information content (AvgIpc) is 2.95. The molecule has 0 heterocycles. The number of ketones is 1. The van der Waals surface area contributed by atoms with Crippen LogP contribution in [0.5, 0.6) is 0 Å². The van der Waals surface area contributed by atoms with E-state index in [4.69, 9.17) is 0 Å². The number of ether oxygens (including phenoxy) is 1. The number of unbranched alkanes of at least 4 members (excludes halogenated alkanes) is 2. The predicted octanol–water partition coefficient (Wildman–Crippen LogP) is 4.12. The molecule has 0 amide bonds. The van der Waals surface area contributed by atoms with E-state index in [9.17, 15) is 19.8 Å². The lowest BCUT2D eigenvalue weighted by atomic mass is 9.87. The molecule has 0 bridgehead atoms. The molecule has 0 aliphatic heterocycles. The number of aliphatic hydroxyl groups excluding tert-OH is 1. The number of aliphatic hydroxyl groups is 2. The average molecular weight is 395 g/mol. The highest BCUT2D eigenvalue weighted by atomic mass is 16.5. The Hall–Kier alpha value is -1.46. The minimum Gasteiger partial charge on any atom is -0.469 e. The number of hydrogen-bond acceptors (Lipinski definition) is 5. The molecule has 0 saturated heterocycles. The molecule has 160 valence electrons. The maximum Gasteiger partial charge on any atom is 0.305 e. The Morgan fingerprint density at radius 1 is 1.25 bits per heavy atom. The molecule has 0 spiro atoms. The van der Waals surface area contributed by atoms with E-state index in [0.29, 0.717) is 25.7 Å². The number of methoxy groups -OCH3 is 1. The van der Waals surface area contributed by atoms with E-state index in [1.54, 1.807) is 0 Å². The molecular formula is C23H38O5. The summed E-state index contributed by atoms with van der Waals surface area (Å²) in [6.07, 6.45) is 13.9. The molecule has 1 rings (SSSR count). The topological polar surface area (TPSA) is 83.8 Å². The summed E-state index contributed by atoms with van der Waals surface area (Å²) in [5.41, 5.74) is -0.699. The summed E-state index contributed by atoms with van der Waals surface area (Å²) in [7, 11) is 1.38. The van der Waals surface area contributed by atoms with Crippen LogP contribution in [0.4, 0.5) is 0 Å². The first-order valence-corrected chi connectivity index (χ1v) is 10.7. The van der Waals surface area contributed by atoms with Gasteiger partial charge in [-0.2, -0.15) is 0 Å². The van der Waals surface area contributed by atoms with Crippen molar-refractivity contribution in [3.63, 3.8) is 0 Å². The molecule has 0 aromatic carbocycles. The van der Waals surface area contributed by atoms with Crippen LogP contribution in [0.25, 0.3) is 0 Å². The molecule has 1 fully saturated rings. The molecule has 28 heavy (non-hydrogen) atoms. The van der Waals surface area contributed by atoms with Gasteiger partial charge in [0.15, 0.2) is 0 Å². The van der Waals surface area contributed by atoms with Crippen molar-refractivity contribution in [1.82, 2.24) is 0 Å². The van der Waals surface area contributed by atoms with Gasteiger partial charge in [0.2, 0.25) is 0 Å². The third-order valence-electron chi connectivity index (χ3n) is 5.78. The second-order valence-corrected chi connectivity index (χ2v) is 7.91. The summed E-state index contributed by atoms with van der Waals surface area (Å²) in [5, 5.41) is 20.9. The fraction of sp³-hybridized carbons (Fsp3) is 0.739. The summed E-state index contributed by atoms with van der Waals surface area (Å²) in [6, 6.07) is 0. The van der Waals surface area contributed by atoms with Crippen LogP contribution in [-0.4, -0.2) is 40.8 Å². The number of esters is 1. The highest BCUT2D eigenvalue weighted by Crippen LogP contribution is 2.34. The van der Waals surface area contributed by atoms with Gasteiger partial charge in [0.25, 0.3) is 0 Å². The van der Waals surface area contributed by atoms with E-state index in [1.807, 2.05) is 31.2 Å². The largest absolute Gasteiger partial charge is 0.469 e. The zero-order valence-electron chi connectivity index (χ0n) is 17.7. The van der Waals surface area contributed by atoms with E-state index in [0.717, 1.165) is 32.1 Å². The number of allylic oxidation sites excluding steroid dienone is 2. The Balaban J connectivity index is 2.56. The van der Waals surface area contributed by atoms with E-state index in [2.05, 4.69) is 11.7 Å². The highest BCUT2D eigenvalue weighted by Gasteiger charge is 2.39. The summed E-state index contributed by atoms with van der Waals surface area (Å²) in [5.74, 6) is -0.523. The van der Waals surface area contributed by atoms with Crippen LogP contribution in [0.15, 0.2) is 24.3 Å². The third kappa shape index (κ3) is 8.27. The molecule has 1 unspecified atom stereocenters. The quantitative estimate of drug-likeness (QED) is 0.279. The smallest absolute Gasteiger partial charge is 0.305 e. The van der Waals surface area contributed by atoms with Crippen molar-refractivity contribution in [1.29, 1.82) is 0 Å². The van der Waals surface area contributed by atoms with Crippen LogP contribution >= 0.6 is 0 Å². The Bertz CT molecular complexity index is 539. The van der Waals surface area contributed by atoms with Gasteiger partial charge in [0, 0.05) is 24.7 Å². The molecule has 5 nitrogen and oxygen atoms in total. The summed E-state index contributed by atoms with van der Waals surface area (Å²) in [6.45, 7) is 4.10. The van der Waals surface area contributed by atoms with Crippen molar-refractivity contribution in [3.05, 3.63) is 24.3 Å². The van der Waals surface area contributed by atoms with Crippen molar-refractivity contribution in [2.75, 3.05) is 7.11 Å². The van der Waals surface area contributed by atoms with Gasteiger partial charge in [0.1, 0.15) is 5.78 Å². The highest BCUT2D eigenvalue weighted by molar-refractivity contribution is 5.84. The minimum absolute atomic E-state index is 0.0955. The first-order chi connectivity index (χ1) is 13.4. The second-order valence-electron chi connectivity index (χ2n) is 7.91. The van der Waals surface area contributed by atoms with Crippen LogP contribution < -0.4 is 0 Å². The molecule has 5 heteroatoms. The third-order valence-corrected chi connectivity index (χ3v) is 5.78. The van der Waals surface area contributed by atoms with Crippen LogP contribution in [-0.2, 0) is 14.3 Å². The van der Waals surface area contributed by atoms with E-state index in [1.165, 1.54) is 7.11 Å². The standard InChI is InChI=1S/C23H38O5/c1-4-6-15-23(27,5-2)16-11-13-19-18(20(24)17-21(19)25)12-9-7-8-10-14-22(26)28-3/h7,9,11,13,18-19,21,25,27H,4-6,8,10,12,14-17H2,1-3H3/b9-7-,13-11+/t18-,19-,21-,23?/m1/s1. The predicted molar refractivity (Wildman–Crippen MR) is 111 cm³/mol. The Labute approximate surface area is 169 Å². The normalized spacial score (nSPS) is 24.9. The zero-order chi connectivity index (χ0) is 21.0. The van der Waals surface area contributed by atoms with Crippen LogP contribution in [0.3, 0.4) is 0 Å². The zero-order valence-corrected chi connectivity index (χ0v) is 17.7. The van der Waals surface area contributed by atoms with E-state index in [-0.39, 0.29) is 30.0 Å². The second kappa shape index (κ2) is 12.9. The van der Waals surface area contributed by atoms with Gasteiger partial charge in [-0.1, -0.05) is 51.0 Å². The van der Waals surface area contributed by atoms with Gasteiger partial charge < -0.3 is 14.9 Å². The lowest BCUT2D eigenvalue weighted by Crippen LogP contribution is -2.27. The molecule has 2 N–H and O–H groups in total. The molecule has 0 radical (unpaired) electrons. The molecule has 0 aromatic heterocycles. The van der Waals surface area contributed by atoms with Crippen molar-refractivity contribution >= 4 is 11.8 Å². The summed E-state index contributed by atoms with van der Waals surface area (Å²) in [4.78, 5) is 23.3. The fourth-order valence-corrected chi connectivity index (χ4v) is 3.73. The molecule has 1 aliphatic rings. The summed E-state index contributed by atoms with van der Waals surface area (Å²) >= 11 is 0. The molecular weight excluding hydrogens is 356 g/mol. The maximum atomic E-state index is 12.3. The van der Waals surface area contributed by atoms with Crippen molar-refractivity contribution < 1.29 is 24.5 Å². The van der Waals surface area contributed by atoms with Crippen molar-refractivity contribution in [2.24, 2.45) is 11.8 Å². The minimum atomic E-state index is -0.699. The Morgan fingerprint density at radius 2 is 2.00 bits per heavy atom. The van der Waals surface area contributed by atoms with Crippen LogP contribution in [0, 0.1) is 11.8 Å². The van der Waals surface area contributed by atoms with Crippen LogP contribution in [0.2, 0.25) is 0 Å². The number of hydrogen-bond donors (Lipinski definition) is 2. The maximum absolute atomic E-state index is 12.3. The first-order valence-electron chi connectivity index (χ1n) is 10.7. The lowest BCUT2D eigenvalue weighted by Gasteiger charge is -2.25. The molecule has 1 saturated carbocycles. The van der Waals surface area contributed by atoms with Gasteiger partial charge >= 0.3 is 5.97 Å². The van der Waals surface area contributed by atoms with Gasteiger partial charge in [-0.15, -0.1) is 0 Å². The van der Waals surface area contributed by atoms with Crippen molar-refractivity contribution in [3.8, 4) is 0 Å². The SMILES string of the molecule is CCCCC(O)(CC)C/C=C/[C@H]1[C@H](O)CC(=O)[C@@H]1C/C=C\CCCC(=O)OC. The van der Waals surface area contributed by atoms with Crippen molar-refractivity contribution in [2.45, 2.75) is 89.8 Å². The Morgan fingerprint density at radius 3 is 2.64 bits per heavy atom. The summed E-state index contributed by atoms with van der Waals surface area (Å²) < 4.78 is 4.61. The molecule has 1 aliphatic carbocycles. The van der Waals surface area contributed by atoms with Crippen LogP contribution in [0.1, 0.15) is 78.1 Å².